The van der Waals surface area contributed by atoms with E-state index in [0.29, 0.717) is 11.7 Å². The molecule has 1 aliphatic rings. The molecule has 0 radical (unpaired) electrons. The zero-order valence-electron chi connectivity index (χ0n) is 8.31. The van der Waals surface area contributed by atoms with Crippen molar-refractivity contribution in [3.05, 3.63) is 17.8 Å². The van der Waals surface area contributed by atoms with E-state index in [1.165, 1.54) is 31.5 Å². The van der Waals surface area contributed by atoms with Crippen molar-refractivity contribution < 1.29 is 9.90 Å². The Morgan fingerprint density at radius 3 is 3.00 bits per heavy atom. The Morgan fingerprint density at radius 2 is 2.40 bits per heavy atom. The number of aromatic carboxylic acids is 1. The Hall–Kier alpha value is -1.65. The molecule has 0 atom stereocenters. The van der Waals surface area contributed by atoms with Gasteiger partial charge in [0, 0.05) is 6.54 Å². The fraction of sp³-hybridized carbons (Fsp3) is 0.500. The summed E-state index contributed by atoms with van der Waals surface area (Å²) in [5, 5.41) is 19.4. The first-order valence-corrected chi connectivity index (χ1v) is 5.06. The zero-order chi connectivity index (χ0) is 10.7. The topological polar surface area (TPSA) is 75.1 Å². The van der Waals surface area contributed by atoms with E-state index in [0.717, 1.165) is 6.54 Å². The lowest BCUT2D eigenvalue weighted by Crippen LogP contribution is -2.22. The summed E-state index contributed by atoms with van der Waals surface area (Å²) in [4.78, 5) is 10.8. The van der Waals surface area contributed by atoms with Crippen LogP contribution in [0.2, 0.25) is 0 Å². The van der Waals surface area contributed by atoms with Crippen molar-refractivity contribution in [2.24, 2.45) is 5.92 Å². The second kappa shape index (κ2) is 4.25. The van der Waals surface area contributed by atoms with Crippen LogP contribution in [0, 0.1) is 5.92 Å². The molecule has 0 aromatic carbocycles. The maximum Gasteiger partial charge on any atom is 0.339 e. The Bertz CT molecular complexity index is 363. The lowest BCUT2D eigenvalue weighted by molar-refractivity contribution is 0.0697. The number of hydrogen-bond acceptors (Lipinski definition) is 4. The molecule has 0 aliphatic heterocycles. The molecule has 0 spiro atoms. The van der Waals surface area contributed by atoms with Crippen LogP contribution in [0.3, 0.4) is 0 Å². The summed E-state index contributed by atoms with van der Waals surface area (Å²) >= 11 is 0. The number of aromatic nitrogens is 2. The van der Waals surface area contributed by atoms with Crippen molar-refractivity contribution in [2.45, 2.75) is 19.3 Å². The molecule has 2 N–H and O–H groups in total. The fourth-order valence-corrected chi connectivity index (χ4v) is 1.57. The quantitative estimate of drug-likeness (QED) is 0.780. The van der Waals surface area contributed by atoms with Crippen LogP contribution < -0.4 is 5.32 Å². The number of anilines is 1. The van der Waals surface area contributed by atoms with Gasteiger partial charge in [-0.1, -0.05) is 6.42 Å². The molecule has 2 rings (SSSR count). The highest BCUT2D eigenvalue weighted by Gasteiger charge is 2.18. The number of nitrogens with one attached hydrogen (secondary N) is 1. The molecule has 15 heavy (non-hydrogen) atoms. The van der Waals surface area contributed by atoms with Gasteiger partial charge >= 0.3 is 5.97 Å². The summed E-state index contributed by atoms with van der Waals surface area (Å²) in [6, 6.07) is 1.46. The maximum atomic E-state index is 10.8. The number of hydrogen-bond donors (Lipinski definition) is 2. The third-order valence-corrected chi connectivity index (χ3v) is 2.73. The summed E-state index contributed by atoms with van der Waals surface area (Å²) in [5.41, 5.74) is 0.185. The van der Waals surface area contributed by atoms with Crippen LogP contribution in [0.5, 0.6) is 0 Å². The van der Waals surface area contributed by atoms with Gasteiger partial charge in [0.2, 0.25) is 0 Å². The number of nitrogens with zero attached hydrogens (tertiary/aromatic N) is 2. The monoisotopic (exact) mass is 207 g/mol. The van der Waals surface area contributed by atoms with E-state index in [4.69, 9.17) is 5.11 Å². The SMILES string of the molecule is O=C(O)c1ccnnc1NCC1CCC1. The molecule has 1 saturated carbocycles. The minimum atomic E-state index is -0.971. The third kappa shape index (κ3) is 2.23. The lowest BCUT2D eigenvalue weighted by Gasteiger charge is -2.25. The molecule has 5 heteroatoms. The fourth-order valence-electron chi connectivity index (χ4n) is 1.57. The summed E-state index contributed by atoms with van der Waals surface area (Å²) in [5.74, 6) is 0.0616. The zero-order valence-corrected chi connectivity index (χ0v) is 8.31. The van der Waals surface area contributed by atoms with Gasteiger partial charge in [-0.05, 0) is 24.8 Å². The first kappa shape index (κ1) is 9.89. The largest absolute Gasteiger partial charge is 0.478 e. The van der Waals surface area contributed by atoms with Gasteiger partial charge in [-0.2, -0.15) is 5.10 Å². The normalized spacial score (nSPS) is 15.7. The molecule has 1 aromatic heterocycles. The van der Waals surface area contributed by atoms with Gasteiger partial charge in [0.1, 0.15) is 5.56 Å². The highest BCUT2D eigenvalue weighted by atomic mass is 16.4. The molecule has 1 aliphatic carbocycles. The average molecular weight is 207 g/mol. The minimum absolute atomic E-state index is 0.185. The molecule has 0 amide bonds. The smallest absolute Gasteiger partial charge is 0.339 e. The van der Waals surface area contributed by atoms with Crippen LogP contribution in [0.4, 0.5) is 5.82 Å². The first-order valence-electron chi connectivity index (χ1n) is 5.06. The molecule has 5 nitrogen and oxygen atoms in total. The van der Waals surface area contributed by atoms with Crippen molar-refractivity contribution in [1.82, 2.24) is 10.2 Å². The van der Waals surface area contributed by atoms with E-state index in [9.17, 15) is 4.79 Å². The minimum Gasteiger partial charge on any atom is -0.478 e. The van der Waals surface area contributed by atoms with Gasteiger partial charge in [-0.3, -0.25) is 0 Å². The number of carboxylic acid groups (broad SMARTS) is 1. The molecular weight excluding hydrogens is 194 g/mol. The Balaban J connectivity index is 2.02. The number of rotatable bonds is 4. The van der Waals surface area contributed by atoms with Gasteiger partial charge in [-0.25, -0.2) is 4.79 Å². The van der Waals surface area contributed by atoms with Crippen molar-refractivity contribution in [3.8, 4) is 0 Å². The van der Waals surface area contributed by atoms with Crippen LogP contribution >= 0.6 is 0 Å². The lowest BCUT2D eigenvalue weighted by atomic mass is 9.85. The summed E-state index contributed by atoms with van der Waals surface area (Å²) in [6.45, 7) is 0.791. The van der Waals surface area contributed by atoms with Crippen molar-refractivity contribution in [3.63, 3.8) is 0 Å². The van der Waals surface area contributed by atoms with E-state index < -0.39 is 5.97 Å². The van der Waals surface area contributed by atoms with E-state index >= 15 is 0 Å². The molecule has 0 saturated heterocycles. The molecule has 0 unspecified atom stereocenters. The van der Waals surface area contributed by atoms with Crippen LogP contribution in [-0.4, -0.2) is 27.8 Å². The highest BCUT2D eigenvalue weighted by molar-refractivity contribution is 5.92. The van der Waals surface area contributed by atoms with Crippen LogP contribution in [-0.2, 0) is 0 Å². The van der Waals surface area contributed by atoms with Crippen LogP contribution in [0.1, 0.15) is 29.6 Å². The summed E-state index contributed by atoms with van der Waals surface area (Å²) < 4.78 is 0. The number of carboxylic acids is 1. The second-order valence-electron chi connectivity index (χ2n) is 3.78. The standard InChI is InChI=1S/C10H13N3O2/c14-10(15)8-4-5-12-13-9(8)11-6-7-2-1-3-7/h4-5,7H,1-3,6H2,(H,11,13)(H,14,15). The van der Waals surface area contributed by atoms with Crippen molar-refractivity contribution >= 4 is 11.8 Å². The Labute approximate surface area is 87.5 Å². The molecule has 1 heterocycles. The first-order chi connectivity index (χ1) is 7.27. The second-order valence-corrected chi connectivity index (χ2v) is 3.78. The van der Waals surface area contributed by atoms with Gasteiger partial charge in [0.15, 0.2) is 5.82 Å². The molecular formula is C10H13N3O2. The van der Waals surface area contributed by atoms with E-state index in [1.54, 1.807) is 0 Å². The molecule has 1 fully saturated rings. The maximum absolute atomic E-state index is 10.8. The van der Waals surface area contributed by atoms with Crippen molar-refractivity contribution in [1.29, 1.82) is 0 Å². The summed E-state index contributed by atoms with van der Waals surface area (Å²) in [6.07, 6.45) is 5.10. The average Bonchev–Trinajstić information content (AvgIpc) is 2.16. The van der Waals surface area contributed by atoms with Crippen LogP contribution in [0.15, 0.2) is 12.3 Å². The Morgan fingerprint density at radius 1 is 1.60 bits per heavy atom. The van der Waals surface area contributed by atoms with E-state index in [2.05, 4.69) is 15.5 Å². The Kier molecular flexibility index (Phi) is 2.80. The molecule has 80 valence electrons. The van der Waals surface area contributed by atoms with Crippen LogP contribution in [0.25, 0.3) is 0 Å². The van der Waals surface area contributed by atoms with E-state index in [-0.39, 0.29) is 5.56 Å². The predicted molar refractivity (Wildman–Crippen MR) is 54.8 cm³/mol. The molecule has 0 bridgehead atoms. The van der Waals surface area contributed by atoms with Crippen molar-refractivity contribution in [2.75, 3.05) is 11.9 Å². The number of carbonyl (C=O) groups is 1. The van der Waals surface area contributed by atoms with Gasteiger partial charge < -0.3 is 10.4 Å². The third-order valence-electron chi connectivity index (χ3n) is 2.73. The molecule has 1 aromatic rings. The van der Waals surface area contributed by atoms with Gasteiger partial charge in [0.25, 0.3) is 0 Å². The predicted octanol–water partition coefficient (Wildman–Crippen LogP) is 1.39. The highest BCUT2D eigenvalue weighted by Crippen LogP contribution is 2.26. The van der Waals surface area contributed by atoms with E-state index in [1.807, 2.05) is 0 Å². The van der Waals surface area contributed by atoms with Gasteiger partial charge in [0.05, 0.1) is 6.20 Å². The summed E-state index contributed by atoms with van der Waals surface area (Å²) in [7, 11) is 0. The van der Waals surface area contributed by atoms with Gasteiger partial charge in [-0.15, -0.1) is 5.10 Å².